The van der Waals surface area contributed by atoms with E-state index in [1.807, 2.05) is 0 Å². The van der Waals surface area contributed by atoms with Gasteiger partial charge in [0.05, 0.1) is 19.3 Å². The van der Waals surface area contributed by atoms with E-state index in [4.69, 9.17) is 14.8 Å². The van der Waals surface area contributed by atoms with Crippen LogP contribution in [0.15, 0.2) is 6.07 Å². The van der Waals surface area contributed by atoms with E-state index >= 15 is 0 Å². The van der Waals surface area contributed by atoms with E-state index in [1.165, 1.54) is 0 Å². The summed E-state index contributed by atoms with van der Waals surface area (Å²) in [6.45, 7) is 11.2. The molecule has 0 saturated carbocycles. The van der Waals surface area contributed by atoms with Crippen LogP contribution in [-0.2, 0) is 9.53 Å². The zero-order valence-electron chi connectivity index (χ0n) is 15.9. The van der Waals surface area contributed by atoms with Crippen LogP contribution in [-0.4, -0.2) is 71.9 Å². The van der Waals surface area contributed by atoms with Gasteiger partial charge >= 0.3 is 5.97 Å². The van der Waals surface area contributed by atoms with Gasteiger partial charge < -0.3 is 14.7 Å². The molecule has 0 aliphatic carbocycles. The molecule has 140 valence electrons. The maximum atomic E-state index is 10.8. The van der Waals surface area contributed by atoms with E-state index < -0.39 is 5.97 Å². The molecule has 1 atom stereocenters. The van der Waals surface area contributed by atoms with Gasteiger partial charge in [0.15, 0.2) is 0 Å². The molecule has 25 heavy (non-hydrogen) atoms. The van der Waals surface area contributed by atoms with Crippen molar-refractivity contribution >= 4 is 11.8 Å². The number of aromatic nitrogens is 2. The largest absolute Gasteiger partial charge is 0.480 e. The maximum Gasteiger partial charge on any atom is 0.317 e. The van der Waals surface area contributed by atoms with Crippen LogP contribution in [0.4, 0.5) is 5.82 Å². The Morgan fingerprint density at radius 3 is 2.68 bits per heavy atom. The van der Waals surface area contributed by atoms with Gasteiger partial charge in [0.25, 0.3) is 0 Å². The normalized spacial score (nSPS) is 18.4. The van der Waals surface area contributed by atoms with E-state index in [0.29, 0.717) is 25.6 Å². The third-order valence-corrected chi connectivity index (χ3v) is 4.24. The molecule has 2 heterocycles. The van der Waals surface area contributed by atoms with Crippen molar-refractivity contribution < 1.29 is 14.6 Å². The molecule has 1 saturated heterocycles. The van der Waals surface area contributed by atoms with Gasteiger partial charge in [-0.15, -0.1) is 0 Å². The highest BCUT2D eigenvalue weighted by Gasteiger charge is 2.24. The summed E-state index contributed by atoms with van der Waals surface area (Å²) in [7, 11) is 1.80. The zero-order chi connectivity index (χ0) is 18.6. The molecule has 1 fully saturated rings. The summed E-state index contributed by atoms with van der Waals surface area (Å²) in [4.78, 5) is 24.3. The molecule has 0 aromatic carbocycles. The highest BCUT2D eigenvalue weighted by molar-refractivity contribution is 5.69. The summed E-state index contributed by atoms with van der Waals surface area (Å²) in [6.07, 6.45) is -0.0296. The molecule has 1 unspecified atom stereocenters. The standard InChI is InChI=1S/C18H30N4O3/c1-12(2)15-8-16(20-18(19-15)13(3)4)22-6-7-25-14(10-22)9-21(5)11-17(23)24/h8,12-14H,6-7,9-11H2,1-5H3,(H,23,24). The monoisotopic (exact) mass is 350 g/mol. The van der Waals surface area contributed by atoms with Crippen LogP contribution >= 0.6 is 0 Å². The Bertz CT molecular complexity index is 565. The van der Waals surface area contributed by atoms with Crippen LogP contribution in [0, 0.1) is 0 Å². The number of carbonyl (C=O) groups is 1. The van der Waals surface area contributed by atoms with E-state index in [9.17, 15) is 4.79 Å². The molecular formula is C18H30N4O3. The number of morpholine rings is 1. The Morgan fingerprint density at radius 1 is 1.36 bits per heavy atom. The van der Waals surface area contributed by atoms with Crippen molar-refractivity contribution in [1.82, 2.24) is 14.9 Å². The Balaban J connectivity index is 2.13. The molecule has 1 aromatic rings. The van der Waals surface area contributed by atoms with E-state index in [0.717, 1.165) is 23.9 Å². The third kappa shape index (κ3) is 5.64. The van der Waals surface area contributed by atoms with Crippen molar-refractivity contribution in [2.24, 2.45) is 0 Å². The molecule has 0 amide bonds. The lowest BCUT2D eigenvalue weighted by molar-refractivity contribution is -0.138. The first-order valence-electron chi connectivity index (χ1n) is 8.92. The van der Waals surface area contributed by atoms with Crippen LogP contribution < -0.4 is 4.90 Å². The first-order chi connectivity index (χ1) is 11.8. The second-order valence-electron chi connectivity index (χ2n) is 7.35. The fourth-order valence-electron chi connectivity index (χ4n) is 2.87. The fraction of sp³-hybridized carbons (Fsp3) is 0.722. The van der Waals surface area contributed by atoms with Gasteiger partial charge in [0.2, 0.25) is 0 Å². The molecule has 1 aromatic heterocycles. The minimum atomic E-state index is -0.825. The quantitative estimate of drug-likeness (QED) is 0.805. The maximum absolute atomic E-state index is 10.8. The molecule has 1 aliphatic heterocycles. The highest BCUT2D eigenvalue weighted by atomic mass is 16.5. The number of anilines is 1. The number of aliphatic carboxylic acids is 1. The Labute approximate surface area is 150 Å². The van der Waals surface area contributed by atoms with Gasteiger partial charge in [-0.1, -0.05) is 27.7 Å². The van der Waals surface area contributed by atoms with Gasteiger partial charge in [0, 0.05) is 37.3 Å². The van der Waals surface area contributed by atoms with Crippen LogP contribution in [0.2, 0.25) is 0 Å². The molecule has 0 radical (unpaired) electrons. The first kappa shape index (κ1) is 19.6. The lowest BCUT2D eigenvalue weighted by atomic mass is 10.1. The predicted octanol–water partition coefficient (Wildman–Crippen LogP) is 1.94. The summed E-state index contributed by atoms with van der Waals surface area (Å²) in [5.74, 6) is 1.60. The zero-order valence-corrected chi connectivity index (χ0v) is 15.9. The van der Waals surface area contributed by atoms with Crippen molar-refractivity contribution in [2.75, 3.05) is 44.7 Å². The average Bonchev–Trinajstić information content (AvgIpc) is 2.53. The number of hydrogen-bond donors (Lipinski definition) is 1. The molecule has 7 heteroatoms. The van der Waals surface area contributed by atoms with Crippen LogP contribution in [0.25, 0.3) is 0 Å². The van der Waals surface area contributed by atoms with Crippen LogP contribution in [0.1, 0.15) is 51.0 Å². The minimum absolute atomic E-state index is 0.0162. The number of carboxylic acid groups (broad SMARTS) is 1. The highest BCUT2D eigenvalue weighted by Crippen LogP contribution is 2.23. The van der Waals surface area contributed by atoms with Crippen molar-refractivity contribution in [2.45, 2.75) is 45.6 Å². The lowest BCUT2D eigenvalue weighted by Crippen LogP contribution is -2.48. The molecule has 1 aliphatic rings. The minimum Gasteiger partial charge on any atom is -0.480 e. The summed E-state index contributed by atoms with van der Waals surface area (Å²) in [5.41, 5.74) is 1.06. The molecule has 0 bridgehead atoms. The molecule has 2 rings (SSSR count). The van der Waals surface area contributed by atoms with Gasteiger partial charge in [-0.25, -0.2) is 9.97 Å². The van der Waals surface area contributed by atoms with Crippen LogP contribution in [0.3, 0.4) is 0 Å². The third-order valence-electron chi connectivity index (χ3n) is 4.24. The summed E-state index contributed by atoms with van der Waals surface area (Å²) >= 11 is 0. The van der Waals surface area contributed by atoms with E-state index in [2.05, 4.69) is 43.6 Å². The molecule has 7 nitrogen and oxygen atoms in total. The second-order valence-corrected chi connectivity index (χ2v) is 7.35. The Kier molecular flexibility index (Phi) is 6.72. The van der Waals surface area contributed by atoms with Crippen molar-refractivity contribution in [3.63, 3.8) is 0 Å². The number of hydrogen-bond acceptors (Lipinski definition) is 6. The molecule has 1 N–H and O–H groups in total. The van der Waals surface area contributed by atoms with Crippen molar-refractivity contribution in [1.29, 1.82) is 0 Å². The van der Waals surface area contributed by atoms with Gasteiger partial charge in [-0.05, 0) is 13.0 Å². The SMILES string of the molecule is CC(C)c1cc(N2CCOC(CN(C)CC(=O)O)C2)nc(C(C)C)n1. The van der Waals surface area contributed by atoms with Crippen molar-refractivity contribution in [3.8, 4) is 0 Å². The van der Waals surface area contributed by atoms with E-state index in [1.54, 1.807) is 11.9 Å². The van der Waals surface area contributed by atoms with Gasteiger partial charge in [0.1, 0.15) is 11.6 Å². The number of ether oxygens (including phenoxy) is 1. The average molecular weight is 350 g/mol. The fourth-order valence-corrected chi connectivity index (χ4v) is 2.87. The Morgan fingerprint density at radius 2 is 2.08 bits per heavy atom. The summed E-state index contributed by atoms with van der Waals surface area (Å²) < 4.78 is 5.82. The number of carboxylic acids is 1. The topological polar surface area (TPSA) is 78.8 Å². The van der Waals surface area contributed by atoms with Crippen LogP contribution in [0.5, 0.6) is 0 Å². The predicted molar refractivity (Wildman–Crippen MR) is 97.3 cm³/mol. The second kappa shape index (κ2) is 8.58. The summed E-state index contributed by atoms with van der Waals surface area (Å²) in [6, 6.07) is 2.07. The van der Waals surface area contributed by atoms with Gasteiger partial charge in [-0.2, -0.15) is 0 Å². The van der Waals surface area contributed by atoms with Crippen molar-refractivity contribution in [3.05, 3.63) is 17.6 Å². The van der Waals surface area contributed by atoms with E-state index in [-0.39, 0.29) is 18.6 Å². The molecular weight excluding hydrogens is 320 g/mol. The Hall–Kier alpha value is -1.73. The first-order valence-corrected chi connectivity index (χ1v) is 8.92. The number of nitrogens with zero attached hydrogens (tertiary/aromatic N) is 4. The lowest BCUT2D eigenvalue weighted by Gasteiger charge is -2.35. The van der Waals surface area contributed by atoms with Gasteiger partial charge in [-0.3, -0.25) is 9.69 Å². The smallest absolute Gasteiger partial charge is 0.317 e. The molecule has 0 spiro atoms. The number of likely N-dealkylation sites (N-methyl/N-ethyl adjacent to an activating group) is 1. The number of rotatable bonds is 7. The summed E-state index contributed by atoms with van der Waals surface area (Å²) in [5, 5.41) is 8.90.